The Hall–Kier alpha value is -4.00. The fourth-order valence-corrected chi connectivity index (χ4v) is 7.20. The summed E-state index contributed by atoms with van der Waals surface area (Å²) in [6, 6.07) is 19.5. The molecule has 0 aliphatic carbocycles. The quantitative estimate of drug-likeness (QED) is 0.266. The lowest BCUT2D eigenvalue weighted by atomic mass is 9.74. The zero-order valence-electron chi connectivity index (χ0n) is 27.1. The third kappa shape index (κ3) is 8.11. The van der Waals surface area contributed by atoms with Gasteiger partial charge in [-0.2, -0.15) is 0 Å². The van der Waals surface area contributed by atoms with E-state index < -0.39 is 38.8 Å². The number of likely N-dealkylation sites (tertiary alicyclic amines) is 1. The van der Waals surface area contributed by atoms with Gasteiger partial charge in [-0.25, -0.2) is 13.0 Å². The van der Waals surface area contributed by atoms with E-state index in [4.69, 9.17) is 4.74 Å². The van der Waals surface area contributed by atoms with E-state index in [2.05, 4.69) is 10.6 Å². The number of piperidine rings is 1. The zero-order chi connectivity index (χ0) is 33.1. The first-order valence-corrected chi connectivity index (χ1v) is 17.2. The van der Waals surface area contributed by atoms with Crippen molar-refractivity contribution in [3.05, 3.63) is 95.8 Å². The molecule has 3 aromatic rings. The molecule has 13 heteroatoms. The predicted octanol–water partition coefficient (Wildman–Crippen LogP) is -0.935. The number of halogens is 1. The number of rotatable bonds is 10. The van der Waals surface area contributed by atoms with Crippen LogP contribution in [-0.2, 0) is 43.4 Å². The van der Waals surface area contributed by atoms with Gasteiger partial charge in [0.25, 0.3) is 5.91 Å². The minimum atomic E-state index is -3.47. The molecule has 0 unspecified atom stereocenters. The van der Waals surface area contributed by atoms with Gasteiger partial charge in [0.05, 0.1) is 25.2 Å². The van der Waals surface area contributed by atoms with Crippen LogP contribution in [0.2, 0.25) is 0 Å². The number of para-hydroxylation sites is 1. The second-order valence-corrected chi connectivity index (χ2v) is 14.7. The maximum Gasteiger partial charge on any atom is 0.258 e. The topological polar surface area (TPSA) is 129 Å². The van der Waals surface area contributed by atoms with Crippen LogP contribution in [0.25, 0.3) is 0 Å². The summed E-state index contributed by atoms with van der Waals surface area (Å²) >= 11 is 0. The van der Waals surface area contributed by atoms with E-state index in [0.717, 1.165) is 11.1 Å². The molecule has 0 bridgehead atoms. The number of ether oxygens (including phenoxy) is 1. The van der Waals surface area contributed by atoms with Crippen LogP contribution >= 0.6 is 0 Å². The highest BCUT2D eigenvalue weighted by Gasteiger charge is 2.48. The molecular formula is C34H42ClN5O6S. The van der Waals surface area contributed by atoms with Gasteiger partial charge in [0.2, 0.25) is 21.8 Å². The fourth-order valence-electron chi connectivity index (χ4n) is 6.20. The van der Waals surface area contributed by atoms with E-state index in [9.17, 15) is 22.8 Å². The first-order valence-electron chi connectivity index (χ1n) is 15.4. The van der Waals surface area contributed by atoms with Crippen LogP contribution in [0.1, 0.15) is 48.2 Å². The molecule has 3 heterocycles. The van der Waals surface area contributed by atoms with E-state index in [-0.39, 0.29) is 31.5 Å². The number of hydrogen-bond acceptors (Lipinski definition) is 6. The molecule has 5 rings (SSSR count). The van der Waals surface area contributed by atoms with Crippen molar-refractivity contribution in [2.75, 3.05) is 36.8 Å². The number of nitrogens with one attached hydrogen (secondary N) is 2. The van der Waals surface area contributed by atoms with E-state index >= 15 is 0 Å². The fraction of sp³-hybridized carbons (Fsp3) is 0.412. The second-order valence-electron chi connectivity index (χ2n) is 12.8. The maximum absolute atomic E-state index is 14.0. The SMILES string of the molecule is C[n+]1cccc(C(=O)NC(C)(C)C(=O)N[C@H](COCc2ccccc2)C(=O)N2CCC3(CC2)CN(S(C)(=O)=O)c2ccccc23)c1.[Cl-]. The summed E-state index contributed by atoms with van der Waals surface area (Å²) in [5, 5.41) is 5.63. The molecule has 1 spiro atoms. The molecule has 2 aliphatic heterocycles. The summed E-state index contributed by atoms with van der Waals surface area (Å²) in [4.78, 5) is 42.2. The van der Waals surface area contributed by atoms with Crippen molar-refractivity contribution < 1.29 is 44.5 Å². The number of nitrogens with zero attached hydrogens (tertiary/aromatic N) is 3. The van der Waals surface area contributed by atoms with Gasteiger partial charge in [0.15, 0.2) is 12.4 Å². The lowest BCUT2D eigenvalue weighted by Gasteiger charge is -2.41. The molecule has 1 aromatic heterocycles. The molecular weight excluding hydrogens is 642 g/mol. The number of sulfonamides is 1. The smallest absolute Gasteiger partial charge is 0.258 e. The average molecular weight is 684 g/mol. The second kappa shape index (κ2) is 14.4. The molecule has 1 saturated heterocycles. The van der Waals surface area contributed by atoms with Gasteiger partial charge in [0.1, 0.15) is 24.2 Å². The van der Waals surface area contributed by atoms with Crippen molar-refractivity contribution in [1.29, 1.82) is 0 Å². The van der Waals surface area contributed by atoms with Crippen LogP contribution in [0.3, 0.4) is 0 Å². The van der Waals surface area contributed by atoms with Gasteiger partial charge < -0.3 is 32.7 Å². The Bertz CT molecular complexity index is 1710. The Morgan fingerprint density at radius 2 is 1.66 bits per heavy atom. The Morgan fingerprint density at radius 1 is 1.00 bits per heavy atom. The number of anilines is 1. The Kier molecular flexibility index (Phi) is 11.0. The van der Waals surface area contributed by atoms with Gasteiger partial charge >= 0.3 is 0 Å². The number of fused-ring (bicyclic) bond motifs is 2. The lowest BCUT2D eigenvalue weighted by molar-refractivity contribution is -0.671. The Balaban J connectivity index is 0.00000500. The highest BCUT2D eigenvalue weighted by molar-refractivity contribution is 7.92. The number of carbonyl (C=O) groups is 3. The zero-order valence-corrected chi connectivity index (χ0v) is 28.7. The van der Waals surface area contributed by atoms with Crippen LogP contribution in [0.15, 0.2) is 79.1 Å². The minimum absolute atomic E-state index is 0. The average Bonchev–Trinajstić information content (AvgIpc) is 3.35. The van der Waals surface area contributed by atoms with Crippen molar-refractivity contribution in [2.24, 2.45) is 7.05 Å². The van der Waals surface area contributed by atoms with E-state index in [0.29, 0.717) is 43.7 Å². The van der Waals surface area contributed by atoms with Crippen molar-refractivity contribution in [1.82, 2.24) is 15.5 Å². The van der Waals surface area contributed by atoms with Gasteiger partial charge in [0, 0.05) is 31.1 Å². The Labute approximate surface area is 282 Å². The first-order chi connectivity index (χ1) is 21.8. The number of amides is 3. The van der Waals surface area contributed by atoms with Gasteiger partial charge in [-0.1, -0.05) is 48.5 Å². The van der Waals surface area contributed by atoms with E-state index in [1.54, 1.807) is 54.9 Å². The van der Waals surface area contributed by atoms with Crippen molar-refractivity contribution in [2.45, 2.75) is 50.3 Å². The number of aromatic nitrogens is 1. The molecule has 1 fully saturated rings. The molecule has 2 aliphatic rings. The van der Waals surface area contributed by atoms with Crippen LogP contribution in [0, 0.1) is 0 Å². The monoisotopic (exact) mass is 683 g/mol. The van der Waals surface area contributed by atoms with E-state index in [1.165, 1.54) is 10.6 Å². The standard InChI is InChI=1S/C34H41N5O6S.ClH/c1-33(2,36-30(40)26-13-10-18-37(3)21-26)32(42)35-28(23-45-22-25-11-6-5-7-12-25)31(41)38-19-16-34(17-20-38)24-39(46(4,43)44)29-15-9-8-14-27(29)34;/h5-15,18,21,28H,16-17,19-20,22-24H2,1-4H3,(H-,35,36,40,42);1H/t28-;/m1./s1. The number of carbonyl (C=O) groups excluding carboxylic acids is 3. The number of pyridine rings is 1. The number of aryl methyl sites for hydroxylation is 1. The summed E-state index contributed by atoms with van der Waals surface area (Å²) in [7, 11) is -1.66. The molecule has 1 atom stereocenters. The van der Waals surface area contributed by atoms with Crippen molar-refractivity contribution in [3.8, 4) is 0 Å². The molecule has 0 saturated carbocycles. The van der Waals surface area contributed by atoms with Crippen LogP contribution < -0.4 is 31.9 Å². The molecule has 0 radical (unpaired) electrons. The minimum Gasteiger partial charge on any atom is -1.00 e. The predicted molar refractivity (Wildman–Crippen MR) is 173 cm³/mol. The van der Waals surface area contributed by atoms with Crippen molar-refractivity contribution in [3.63, 3.8) is 0 Å². The third-order valence-electron chi connectivity index (χ3n) is 8.82. The number of benzene rings is 2. The maximum atomic E-state index is 14.0. The largest absolute Gasteiger partial charge is 1.00 e. The summed E-state index contributed by atoms with van der Waals surface area (Å²) < 4.78 is 34.4. The van der Waals surface area contributed by atoms with Gasteiger partial charge in [-0.15, -0.1) is 0 Å². The molecule has 252 valence electrons. The Morgan fingerprint density at radius 3 is 2.32 bits per heavy atom. The normalized spacial score (nSPS) is 16.2. The van der Waals surface area contributed by atoms with Crippen LogP contribution in [-0.4, -0.2) is 75.1 Å². The highest BCUT2D eigenvalue weighted by Crippen LogP contribution is 2.47. The molecule has 2 N–H and O–H groups in total. The number of hydrogen-bond donors (Lipinski definition) is 2. The summed E-state index contributed by atoms with van der Waals surface area (Å²) in [6.45, 7) is 4.48. The van der Waals surface area contributed by atoms with E-state index in [1.807, 2.05) is 54.6 Å². The van der Waals surface area contributed by atoms with Crippen LogP contribution in [0.4, 0.5) is 5.69 Å². The van der Waals surface area contributed by atoms with Gasteiger partial charge in [-0.05, 0) is 49.9 Å². The highest BCUT2D eigenvalue weighted by atomic mass is 35.5. The lowest BCUT2D eigenvalue weighted by Crippen LogP contribution is -3.00. The molecule has 47 heavy (non-hydrogen) atoms. The first kappa shape index (κ1) is 35.8. The summed E-state index contributed by atoms with van der Waals surface area (Å²) in [5.74, 6) is -1.23. The molecule has 2 aromatic carbocycles. The molecule has 3 amide bonds. The van der Waals surface area contributed by atoms with Crippen molar-refractivity contribution >= 4 is 33.4 Å². The van der Waals surface area contributed by atoms with Gasteiger partial charge in [-0.3, -0.25) is 18.7 Å². The third-order valence-corrected chi connectivity index (χ3v) is 9.94. The van der Waals surface area contributed by atoms with Crippen LogP contribution in [0.5, 0.6) is 0 Å². The summed E-state index contributed by atoms with van der Waals surface area (Å²) in [6.07, 6.45) is 5.82. The summed E-state index contributed by atoms with van der Waals surface area (Å²) in [5.41, 5.74) is 1.26. The molecule has 11 nitrogen and oxygen atoms in total.